The van der Waals surface area contributed by atoms with Gasteiger partial charge in [0.1, 0.15) is 0 Å². The summed E-state index contributed by atoms with van der Waals surface area (Å²) in [5, 5.41) is 9.94. The maximum Gasteiger partial charge on any atom is 0.348 e. The third kappa shape index (κ3) is 2.22. The van der Waals surface area contributed by atoms with Gasteiger partial charge in [-0.1, -0.05) is 29.3 Å². The number of aromatic nitrogens is 3. The molecule has 0 fully saturated rings. The molecule has 0 amide bonds. The first kappa shape index (κ1) is 12.2. The molecule has 0 spiro atoms. The van der Waals surface area contributed by atoms with Crippen molar-refractivity contribution in [3.8, 4) is 5.69 Å². The fourth-order valence-electron chi connectivity index (χ4n) is 1.52. The quantitative estimate of drug-likeness (QED) is 0.892. The van der Waals surface area contributed by atoms with Gasteiger partial charge in [0.25, 0.3) is 0 Å². The van der Waals surface area contributed by atoms with Crippen LogP contribution in [0.4, 0.5) is 0 Å². The molecule has 2 aromatic rings. The lowest BCUT2D eigenvalue weighted by molar-refractivity contribution is 0.734. The monoisotopic (exact) mass is 272 g/mol. The Balaban J connectivity index is 2.63. The molecule has 1 aromatic carbocycles. The third-order valence-corrected chi connectivity index (χ3v) is 3.06. The van der Waals surface area contributed by atoms with Crippen molar-refractivity contribution in [1.82, 2.24) is 20.1 Å². The zero-order chi connectivity index (χ0) is 12.4. The second-order valence-electron chi connectivity index (χ2n) is 3.38. The van der Waals surface area contributed by atoms with Gasteiger partial charge >= 0.3 is 5.69 Å². The maximum absolute atomic E-state index is 11.7. The van der Waals surface area contributed by atoms with Crippen LogP contribution in [0.25, 0.3) is 5.69 Å². The van der Waals surface area contributed by atoms with Gasteiger partial charge in [-0.15, -0.1) is 0 Å². The lowest BCUT2D eigenvalue weighted by Crippen LogP contribution is -2.20. The molecule has 0 aliphatic rings. The highest BCUT2D eigenvalue weighted by atomic mass is 35.5. The molecule has 0 saturated heterocycles. The molecule has 0 aliphatic carbocycles. The number of halogens is 2. The Morgan fingerprint density at radius 3 is 2.94 bits per heavy atom. The molecule has 0 aliphatic heterocycles. The lowest BCUT2D eigenvalue weighted by atomic mass is 10.3. The predicted molar refractivity (Wildman–Crippen MR) is 67.0 cm³/mol. The van der Waals surface area contributed by atoms with Crippen molar-refractivity contribution < 1.29 is 0 Å². The maximum atomic E-state index is 11.7. The van der Waals surface area contributed by atoms with Crippen LogP contribution in [0.3, 0.4) is 0 Å². The van der Waals surface area contributed by atoms with Crippen molar-refractivity contribution in [2.45, 2.75) is 6.54 Å². The van der Waals surface area contributed by atoms with Gasteiger partial charge in [0.15, 0.2) is 5.82 Å². The number of nitrogens with zero attached hydrogens (tertiary/aromatic N) is 2. The van der Waals surface area contributed by atoms with Crippen LogP contribution >= 0.6 is 23.2 Å². The second kappa shape index (κ2) is 4.91. The van der Waals surface area contributed by atoms with Gasteiger partial charge in [-0.2, -0.15) is 5.10 Å². The molecule has 90 valence electrons. The van der Waals surface area contributed by atoms with Crippen molar-refractivity contribution in [2.24, 2.45) is 0 Å². The number of benzene rings is 1. The van der Waals surface area contributed by atoms with Crippen LogP contribution in [-0.2, 0) is 6.54 Å². The Hall–Kier alpha value is -1.30. The van der Waals surface area contributed by atoms with Gasteiger partial charge < -0.3 is 5.32 Å². The molecule has 17 heavy (non-hydrogen) atoms. The lowest BCUT2D eigenvalue weighted by Gasteiger charge is -2.08. The summed E-state index contributed by atoms with van der Waals surface area (Å²) >= 11 is 12.0. The standard InChI is InChI=1S/C10H10Cl2N4O/c1-13-5-8-14-15-10(17)16(8)7-4-2-3-6(11)9(7)12/h2-4,13H,5H2,1H3,(H,15,17). The summed E-state index contributed by atoms with van der Waals surface area (Å²) in [5.74, 6) is 0.543. The molecule has 2 rings (SSSR count). The predicted octanol–water partition coefficient (Wildman–Crippen LogP) is 1.59. The van der Waals surface area contributed by atoms with Crippen LogP contribution in [0.15, 0.2) is 23.0 Å². The summed E-state index contributed by atoms with van der Waals surface area (Å²) in [4.78, 5) is 11.7. The number of rotatable bonds is 3. The Morgan fingerprint density at radius 2 is 2.24 bits per heavy atom. The summed E-state index contributed by atoms with van der Waals surface area (Å²) < 4.78 is 1.39. The Bertz CT molecular complexity index is 590. The van der Waals surface area contributed by atoms with Gasteiger partial charge in [-0.3, -0.25) is 0 Å². The van der Waals surface area contributed by atoms with E-state index in [4.69, 9.17) is 23.2 Å². The second-order valence-corrected chi connectivity index (χ2v) is 4.17. The van der Waals surface area contributed by atoms with E-state index in [1.807, 2.05) is 0 Å². The zero-order valence-corrected chi connectivity index (χ0v) is 10.5. The van der Waals surface area contributed by atoms with Crippen molar-refractivity contribution in [3.63, 3.8) is 0 Å². The molecule has 0 bridgehead atoms. The summed E-state index contributed by atoms with van der Waals surface area (Å²) in [6.07, 6.45) is 0. The van der Waals surface area contributed by atoms with Crippen molar-refractivity contribution in [1.29, 1.82) is 0 Å². The van der Waals surface area contributed by atoms with Crippen molar-refractivity contribution in [3.05, 3.63) is 44.6 Å². The van der Waals surface area contributed by atoms with Crippen molar-refractivity contribution in [2.75, 3.05) is 7.05 Å². The minimum absolute atomic E-state index is 0.329. The smallest absolute Gasteiger partial charge is 0.313 e. The highest BCUT2D eigenvalue weighted by Gasteiger charge is 2.13. The van der Waals surface area contributed by atoms with Crippen LogP contribution in [0.2, 0.25) is 10.0 Å². The fourth-order valence-corrected chi connectivity index (χ4v) is 1.90. The third-order valence-electron chi connectivity index (χ3n) is 2.25. The van der Waals surface area contributed by atoms with Gasteiger partial charge in [-0.25, -0.2) is 14.5 Å². The van der Waals surface area contributed by atoms with Gasteiger partial charge in [0, 0.05) is 0 Å². The van der Waals surface area contributed by atoms with E-state index in [1.54, 1.807) is 25.2 Å². The van der Waals surface area contributed by atoms with Gasteiger partial charge in [0.05, 0.1) is 22.3 Å². The normalized spacial score (nSPS) is 10.8. The topological polar surface area (TPSA) is 62.7 Å². The van der Waals surface area contributed by atoms with E-state index >= 15 is 0 Å². The first-order valence-corrected chi connectivity index (χ1v) is 5.66. The van der Waals surface area contributed by atoms with E-state index in [1.165, 1.54) is 4.57 Å². The largest absolute Gasteiger partial charge is 0.348 e. The Kier molecular flexibility index (Phi) is 3.51. The van der Waals surface area contributed by atoms with Crippen LogP contribution in [0.5, 0.6) is 0 Å². The first-order valence-electron chi connectivity index (χ1n) is 4.90. The number of aromatic amines is 1. The SMILES string of the molecule is CNCc1n[nH]c(=O)n1-c1cccc(Cl)c1Cl. The van der Waals surface area contributed by atoms with E-state index in [0.717, 1.165) is 0 Å². The molecule has 7 heteroatoms. The number of H-pyrrole nitrogens is 1. The van der Waals surface area contributed by atoms with E-state index < -0.39 is 0 Å². The zero-order valence-electron chi connectivity index (χ0n) is 9.00. The van der Waals surface area contributed by atoms with E-state index in [-0.39, 0.29) is 5.69 Å². The molecule has 5 nitrogen and oxygen atoms in total. The van der Waals surface area contributed by atoms with E-state index in [2.05, 4.69) is 15.5 Å². The summed E-state index contributed by atoms with van der Waals surface area (Å²) in [5.41, 5.74) is 0.169. The molecule has 0 saturated carbocycles. The highest BCUT2D eigenvalue weighted by Crippen LogP contribution is 2.27. The molecule has 2 N–H and O–H groups in total. The summed E-state index contributed by atoms with van der Waals surface area (Å²) in [6.45, 7) is 0.446. The Morgan fingerprint density at radius 1 is 1.47 bits per heavy atom. The highest BCUT2D eigenvalue weighted by molar-refractivity contribution is 6.43. The van der Waals surface area contributed by atoms with Crippen LogP contribution < -0.4 is 11.0 Å². The van der Waals surface area contributed by atoms with Crippen LogP contribution in [-0.4, -0.2) is 21.8 Å². The number of hydrogen-bond donors (Lipinski definition) is 2. The Labute approximate surface area is 107 Å². The summed E-state index contributed by atoms with van der Waals surface area (Å²) in [6, 6.07) is 5.10. The van der Waals surface area contributed by atoms with Crippen molar-refractivity contribution >= 4 is 23.2 Å². The van der Waals surface area contributed by atoms with E-state index in [0.29, 0.717) is 28.1 Å². The first-order chi connectivity index (χ1) is 8.15. The minimum Gasteiger partial charge on any atom is -0.313 e. The summed E-state index contributed by atoms with van der Waals surface area (Å²) in [7, 11) is 1.77. The average Bonchev–Trinajstić information content (AvgIpc) is 2.65. The van der Waals surface area contributed by atoms with Gasteiger partial charge in [-0.05, 0) is 19.2 Å². The van der Waals surface area contributed by atoms with Gasteiger partial charge in [0.2, 0.25) is 0 Å². The molecular weight excluding hydrogens is 263 g/mol. The number of hydrogen-bond acceptors (Lipinski definition) is 3. The molecule has 0 unspecified atom stereocenters. The molecule has 0 atom stereocenters. The molecule has 1 heterocycles. The minimum atomic E-state index is -0.348. The average molecular weight is 273 g/mol. The fraction of sp³-hybridized carbons (Fsp3) is 0.200. The number of nitrogens with one attached hydrogen (secondary N) is 2. The van der Waals surface area contributed by atoms with Crippen LogP contribution in [0, 0.1) is 0 Å². The molecule has 0 radical (unpaired) electrons. The molecular formula is C10H10Cl2N4O. The van der Waals surface area contributed by atoms with E-state index in [9.17, 15) is 4.79 Å². The van der Waals surface area contributed by atoms with Crippen LogP contribution in [0.1, 0.15) is 5.82 Å². The molecule has 1 aromatic heterocycles.